The Kier molecular flexibility index (Phi) is 6.36. The number of halogens is 2. The largest absolute Gasteiger partial charge is 0.506 e. The number of fused-ring (bicyclic) bond motifs is 1. The molecule has 164 valence electrons. The molecule has 4 rings (SSSR count). The number of aromatic amines is 1. The third kappa shape index (κ3) is 4.30. The van der Waals surface area contributed by atoms with Crippen LogP contribution in [0.2, 0.25) is 0 Å². The molecule has 32 heavy (non-hydrogen) atoms. The number of hydrogen-bond acceptors (Lipinski definition) is 7. The number of aromatic hydroxyl groups is 1. The van der Waals surface area contributed by atoms with Crippen molar-refractivity contribution in [1.82, 2.24) is 9.97 Å². The van der Waals surface area contributed by atoms with E-state index >= 15 is 0 Å². The molecule has 0 saturated heterocycles. The van der Waals surface area contributed by atoms with Crippen molar-refractivity contribution in [3.05, 3.63) is 84.1 Å². The van der Waals surface area contributed by atoms with Gasteiger partial charge in [-0.3, -0.25) is 0 Å². The fourth-order valence-electron chi connectivity index (χ4n) is 3.65. The number of allylic oxidation sites excluding steroid dienone is 1. The highest BCUT2D eigenvalue weighted by atomic mass is 79.9. The summed E-state index contributed by atoms with van der Waals surface area (Å²) in [6.07, 6.45) is 0. The molecule has 1 aliphatic rings. The van der Waals surface area contributed by atoms with Crippen molar-refractivity contribution < 1.29 is 14.6 Å². The zero-order chi connectivity index (χ0) is 23.0. The Bertz CT molecular complexity index is 1290. The Balaban J connectivity index is 1.83. The summed E-state index contributed by atoms with van der Waals surface area (Å²) < 4.78 is 6.81. The minimum Gasteiger partial charge on any atom is -0.506 e. The van der Waals surface area contributed by atoms with Crippen molar-refractivity contribution in [1.29, 1.82) is 0 Å². The molecule has 1 atom stereocenters. The van der Waals surface area contributed by atoms with Crippen molar-refractivity contribution in [2.24, 2.45) is 0 Å². The SMILES string of the molecule is CC1=C(C(=O)OCc2ccccc2)C(c2cc(Br)c(O)c(Br)c2)c2c(nc(=S)[nH]c2N)N1. The van der Waals surface area contributed by atoms with E-state index in [0.717, 1.165) is 5.56 Å². The number of nitrogens with zero attached hydrogens (tertiary/aromatic N) is 1. The standard InChI is InChI=1S/C22H18Br2N4O3S/c1-10-15(21(30)31-9-11-5-3-2-4-6-11)16(12-7-13(23)18(29)14(24)8-12)17-19(25)27-22(32)28-20(17)26-10/h2-8,16,29H,9H2,1H3,(H4,25,26,27,28,32). The molecule has 0 bridgehead atoms. The maximum absolute atomic E-state index is 13.3. The van der Waals surface area contributed by atoms with Crippen LogP contribution >= 0.6 is 44.1 Å². The molecule has 1 aliphatic heterocycles. The number of anilines is 2. The van der Waals surface area contributed by atoms with E-state index in [1.54, 1.807) is 19.1 Å². The predicted molar refractivity (Wildman–Crippen MR) is 132 cm³/mol. The third-order valence-electron chi connectivity index (χ3n) is 5.09. The zero-order valence-corrected chi connectivity index (χ0v) is 20.8. The molecular weight excluding hydrogens is 560 g/mol. The number of benzene rings is 2. The fraction of sp³-hybridized carbons (Fsp3) is 0.136. The van der Waals surface area contributed by atoms with Gasteiger partial charge in [0.15, 0.2) is 4.77 Å². The summed E-state index contributed by atoms with van der Waals surface area (Å²) in [6, 6.07) is 12.9. The number of carbonyl (C=O) groups is 1. The molecular formula is C22H18Br2N4O3S. The Morgan fingerprint density at radius 2 is 1.91 bits per heavy atom. The lowest BCUT2D eigenvalue weighted by Gasteiger charge is -2.30. The normalized spacial score (nSPS) is 15.2. The van der Waals surface area contributed by atoms with Gasteiger partial charge in [-0.1, -0.05) is 30.3 Å². The second-order valence-electron chi connectivity index (χ2n) is 7.21. The van der Waals surface area contributed by atoms with E-state index in [2.05, 4.69) is 47.1 Å². The van der Waals surface area contributed by atoms with Crippen LogP contribution in [0.3, 0.4) is 0 Å². The van der Waals surface area contributed by atoms with Crippen LogP contribution in [0.15, 0.2) is 62.7 Å². The first-order chi connectivity index (χ1) is 15.3. The van der Waals surface area contributed by atoms with Gasteiger partial charge < -0.3 is 25.9 Å². The van der Waals surface area contributed by atoms with Crippen molar-refractivity contribution in [2.45, 2.75) is 19.4 Å². The van der Waals surface area contributed by atoms with E-state index in [0.29, 0.717) is 43.0 Å². The second-order valence-corrected chi connectivity index (χ2v) is 9.30. The summed E-state index contributed by atoms with van der Waals surface area (Å²) >= 11 is 11.9. The number of ether oxygens (including phenoxy) is 1. The monoisotopic (exact) mass is 576 g/mol. The second kappa shape index (κ2) is 9.05. The summed E-state index contributed by atoms with van der Waals surface area (Å²) in [5.74, 6) is -0.290. The lowest BCUT2D eigenvalue weighted by atomic mass is 9.82. The van der Waals surface area contributed by atoms with Gasteiger partial charge in [0.2, 0.25) is 0 Å². The van der Waals surface area contributed by atoms with E-state index in [-0.39, 0.29) is 17.1 Å². The number of H-pyrrole nitrogens is 1. The molecule has 0 saturated carbocycles. The minimum absolute atomic E-state index is 0.0513. The highest BCUT2D eigenvalue weighted by Crippen LogP contribution is 2.46. The van der Waals surface area contributed by atoms with Crippen molar-refractivity contribution in [3.8, 4) is 5.75 Å². The molecule has 1 aromatic heterocycles. The molecule has 7 nitrogen and oxygen atoms in total. The highest BCUT2D eigenvalue weighted by Gasteiger charge is 2.36. The van der Waals surface area contributed by atoms with Crippen LogP contribution in [0.5, 0.6) is 5.75 Å². The smallest absolute Gasteiger partial charge is 0.337 e. The number of aromatic nitrogens is 2. The first-order valence-electron chi connectivity index (χ1n) is 9.52. The van der Waals surface area contributed by atoms with E-state index in [4.69, 9.17) is 22.7 Å². The van der Waals surface area contributed by atoms with Gasteiger partial charge in [0.1, 0.15) is 24.0 Å². The third-order valence-corrected chi connectivity index (χ3v) is 6.50. The minimum atomic E-state index is -0.609. The Hall–Kier alpha value is -2.69. The molecule has 5 N–H and O–H groups in total. The maximum atomic E-state index is 13.3. The lowest BCUT2D eigenvalue weighted by Crippen LogP contribution is -2.26. The molecule has 10 heteroatoms. The van der Waals surface area contributed by atoms with Gasteiger partial charge >= 0.3 is 5.97 Å². The first kappa shape index (κ1) is 22.5. The van der Waals surface area contributed by atoms with Gasteiger partial charge in [0.25, 0.3) is 0 Å². The molecule has 2 heterocycles. The molecule has 3 aromatic rings. The van der Waals surface area contributed by atoms with Gasteiger partial charge in [-0.25, -0.2) is 9.78 Å². The number of phenols is 1. The van der Waals surface area contributed by atoms with Crippen LogP contribution in [0, 0.1) is 4.77 Å². The van der Waals surface area contributed by atoms with Crippen LogP contribution in [-0.2, 0) is 16.1 Å². The number of phenolic OH excluding ortho intramolecular Hbond substituents is 1. The highest BCUT2D eigenvalue weighted by molar-refractivity contribution is 9.11. The molecule has 0 aliphatic carbocycles. The van der Waals surface area contributed by atoms with Crippen LogP contribution < -0.4 is 11.1 Å². The molecule has 0 radical (unpaired) electrons. The number of hydrogen-bond donors (Lipinski definition) is 4. The number of carbonyl (C=O) groups excluding carboxylic acids is 1. The van der Waals surface area contributed by atoms with E-state index in [9.17, 15) is 9.90 Å². The molecule has 2 aromatic carbocycles. The Morgan fingerprint density at radius 1 is 1.25 bits per heavy atom. The first-order valence-corrected chi connectivity index (χ1v) is 11.5. The summed E-state index contributed by atoms with van der Waals surface area (Å²) in [4.78, 5) is 20.5. The number of nitrogens with one attached hydrogen (secondary N) is 2. The van der Waals surface area contributed by atoms with E-state index in [1.807, 2.05) is 30.3 Å². The fourth-order valence-corrected chi connectivity index (χ4v) is 5.07. The van der Waals surface area contributed by atoms with Crippen LogP contribution in [0.25, 0.3) is 0 Å². The number of rotatable bonds is 4. The maximum Gasteiger partial charge on any atom is 0.337 e. The van der Waals surface area contributed by atoms with Crippen molar-refractivity contribution in [3.63, 3.8) is 0 Å². The summed E-state index contributed by atoms with van der Waals surface area (Å²) in [7, 11) is 0. The van der Waals surface area contributed by atoms with Gasteiger partial charge in [0, 0.05) is 11.3 Å². The topological polar surface area (TPSA) is 113 Å². The number of esters is 1. The summed E-state index contributed by atoms with van der Waals surface area (Å²) in [6.45, 7) is 1.90. The van der Waals surface area contributed by atoms with Crippen LogP contribution in [-0.4, -0.2) is 21.0 Å². The molecule has 0 spiro atoms. The van der Waals surface area contributed by atoms with Crippen molar-refractivity contribution in [2.75, 3.05) is 11.1 Å². The molecule has 1 unspecified atom stereocenters. The van der Waals surface area contributed by atoms with E-state index in [1.165, 1.54) is 0 Å². The number of nitrogens with two attached hydrogens (primary N) is 1. The average molecular weight is 578 g/mol. The van der Waals surface area contributed by atoms with Crippen LogP contribution in [0.4, 0.5) is 11.6 Å². The van der Waals surface area contributed by atoms with Gasteiger partial charge in [-0.05, 0) is 74.3 Å². The summed E-state index contributed by atoms with van der Waals surface area (Å²) in [5.41, 5.74) is 9.41. The molecule has 0 amide bonds. The quantitative estimate of drug-likeness (QED) is 0.238. The zero-order valence-electron chi connectivity index (χ0n) is 16.8. The predicted octanol–water partition coefficient (Wildman–Crippen LogP) is 5.53. The number of nitrogen functional groups attached to an aromatic ring is 1. The van der Waals surface area contributed by atoms with Crippen LogP contribution in [0.1, 0.15) is 29.5 Å². The lowest BCUT2D eigenvalue weighted by molar-refractivity contribution is -0.140. The van der Waals surface area contributed by atoms with Gasteiger partial charge in [-0.2, -0.15) is 0 Å². The van der Waals surface area contributed by atoms with Gasteiger partial charge in [-0.15, -0.1) is 0 Å². The van der Waals surface area contributed by atoms with Crippen molar-refractivity contribution >= 4 is 61.7 Å². The Morgan fingerprint density at radius 3 is 2.56 bits per heavy atom. The summed E-state index contributed by atoms with van der Waals surface area (Å²) in [5, 5.41) is 13.3. The van der Waals surface area contributed by atoms with Gasteiger partial charge in [0.05, 0.1) is 20.4 Å². The molecule has 0 fully saturated rings. The Labute approximate surface area is 206 Å². The van der Waals surface area contributed by atoms with E-state index < -0.39 is 11.9 Å². The average Bonchev–Trinajstić information content (AvgIpc) is 2.75.